The van der Waals surface area contributed by atoms with Gasteiger partial charge in [0.05, 0.1) is 13.7 Å². The highest BCUT2D eigenvalue weighted by Crippen LogP contribution is 2.16. The lowest BCUT2D eigenvalue weighted by Gasteiger charge is -2.05. The van der Waals surface area contributed by atoms with E-state index in [1.54, 1.807) is 42.5 Å². The minimum absolute atomic E-state index is 0.137. The Bertz CT molecular complexity index is 564. The van der Waals surface area contributed by atoms with Gasteiger partial charge in [-0.2, -0.15) is 0 Å². The Morgan fingerprint density at radius 3 is 2.53 bits per heavy atom. The number of pyridine rings is 1. The first kappa shape index (κ1) is 13.1. The quantitative estimate of drug-likeness (QED) is 0.773. The Morgan fingerprint density at radius 2 is 1.89 bits per heavy atom. The third-order valence-corrected chi connectivity index (χ3v) is 2.59. The van der Waals surface area contributed by atoms with Crippen molar-refractivity contribution in [1.29, 1.82) is 0 Å². The van der Waals surface area contributed by atoms with E-state index in [0.717, 1.165) is 5.75 Å². The largest absolute Gasteiger partial charge is 0.494 e. The zero-order valence-corrected chi connectivity index (χ0v) is 10.9. The van der Waals surface area contributed by atoms with Gasteiger partial charge in [-0.05, 0) is 37.3 Å². The van der Waals surface area contributed by atoms with Crippen molar-refractivity contribution in [2.24, 2.45) is 0 Å². The summed E-state index contributed by atoms with van der Waals surface area (Å²) in [6.07, 6.45) is 0. The third-order valence-electron chi connectivity index (χ3n) is 2.59. The molecule has 0 spiro atoms. The second-order valence-electron chi connectivity index (χ2n) is 3.85. The molecule has 98 valence electrons. The number of carbonyl (C=O) groups excluding carboxylic acids is 1. The molecule has 0 amide bonds. The van der Waals surface area contributed by atoms with Crippen LogP contribution in [-0.4, -0.2) is 24.5 Å². The number of aromatic nitrogens is 1. The monoisotopic (exact) mass is 257 g/mol. The molecule has 4 nitrogen and oxygen atoms in total. The number of rotatable bonds is 5. The van der Waals surface area contributed by atoms with Crippen molar-refractivity contribution in [2.45, 2.75) is 6.92 Å². The minimum Gasteiger partial charge on any atom is -0.494 e. The van der Waals surface area contributed by atoms with Crippen LogP contribution in [0.2, 0.25) is 0 Å². The Labute approximate surface area is 112 Å². The zero-order valence-electron chi connectivity index (χ0n) is 10.9. The molecule has 4 heteroatoms. The van der Waals surface area contributed by atoms with E-state index in [2.05, 4.69) is 4.98 Å². The first-order valence-electron chi connectivity index (χ1n) is 6.03. The molecule has 0 saturated heterocycles. The van der Waals surface area contributed by atoms with Gasteiger partial charge in [-0.3, -0.25) is 4.79 Å². The highest BCUT2D eigenvalue weighted by atomic mass is 16.5. The number of methoxy groups -OCH3 is 1. The van der Waals surface area contributed by atoms with Gasteiger partial charge in [0, 0.05) is 11.6 Å². The van der Waals surface area contributed by atoms with Gasteiger partial charge in [0.15, 0.2) is 0 Å². The molecule has 0 atom stereocenters. The lowest BCUT2D eigenvalue weighted by Crippen LogP contribution is -2.04. The summed E-state index contributed by atoms with van der Waals surface area (Å²) in [7, 11) is 1.52. The van der Waals surface area contributed by atoms with E-state index in [4.69, 9.17) is 9.47 Å². The lowest BCUT2D eigenvalue weighted by molar-refractivity contribution is 0.103. The first-order valence-corrected chi connectivity index (χ1v) is 6.03. The van der Waals surface area contributed by atoms with Crippen molar-refractivity contribution < 1.29 is 14.3 Å². The van der Waals surface area contributed by atoms with Gasteiger partial charge in [0.1, 0.15) is 11.4 Å². The molecule has 1 aromatic carbocycles. The second kappa shape index (κ2) is 6.00. The molecule has 0 radical (unpaired) electrons. The van der Waals surface area contributed by atoms with E-state index in [1.165, 1.54) is 7.11 Å². The molecule has 0 bridgehead atoms. The molecule has 2 rings (SSSR count). The van der Waals surface area contributed by atoms with Crippen LogP contribution in [0.4, 0.5) is 0 Å². The van der Waals surface area contributed by atoms with Gasteiger partial charge in [0.25, 0.3) is 0 Å². The van der Waals surface area contributed by atoms with Crippen molar-refractivity contribution in [3.8, 4) is 11.6 Å². The van der Waals surface area contributed by atoms with Gasteiger partial charge >= 0.3 is 0 Å². The van der Waals surface area contributed by atoms with Crippen molar-refractivity contribution >= 4 is 5.78 Å². The van der Waals surface area contributed by atoms with E-state index in [0.29, 0.717) is 23.7 Å². The van der Waals surface area contributed by atoms with E-state index in [1.807, 2.05) is 6.92 Å². The second-order valence-corrected chi connectivity index (χ2v) is 3.85. The molecule has 2 aromatic rings. The molecule has 0 saturated carbocycles. The van der Waals surface area contributed by atoms with Crippen LogP contribution in [0, 0.1) is 0 Å². The maximum Gasteiger partial charge on any atom is 0.213 e. The molecule has 0 aliphatic heterocycles. The average molecular weight is 257 g/mol. The third kappa shape index (κ3) is 3.10. The summed E-state index contributed by atoms with van der Waals surface area (Å²) in [6.45, 7) is 2.52. The summed E-state index contributed by atoms with van der Waals surface area (Å²) in [5, 5.41) is 0. The topological polar surface area (TPSA) is 48.4 Å². The fourth-order valence-electron chi connectivity index (χ4n) is 1.67. The highest BCUT2D eigenvalue weighted by molar-refractivity contribution is 6.07. The normalized spacial score (nSPS) is 10.0. The average Bonchev–Trinajstić information content (AvgIpc) is 2.48. The summed E-state index contributed by atoms with van der Waals surface area (Å²) in [4.78, 5) is 16.3. The van der Waals surface area contributed by atoms with Crippen LogP contribution in [-0.2, 0) is 0 Å². The van der Waals surface area contributed by atoms with Crippen LogP contribution < -0.4 is 9.47 Å². The number of ketones is 1. The molecular weight excluding hydrogens is 242 g/mol. The molecule has 0 unspecified atom stereocenters. The summed E-state index contributed by atoms with van der Waals surface area (Å²) in [5.41, 5.74) is 0.938. The standard InChI is InChI=1S/C15H15NO3/c1-3-19-12-9-7-11(8-10-12)15(17)13-5-4-6-14(16-13)18-2/h4-10H,3H2,1-2H3. The highest BCUT2D eigenvalue weighted by Gasteiger charge is 2.11. The number of hydrogen-bond donors (Lipinski definition) is 0. The zero-order chi connectivity index (χ0) is 13.7. The van der Waals surface area contributed by atoms with E-state index < -0.39 is 0 Å². The molecule has 0 aliphatic rings. The lowest BCUT2D eigenvalue weighted by atomic mass is 10.1. The molecule has 0 fully saturated rings. The maximum atomic E-state index is 12.2. The van der Waals surface area contributed by atoms with Crippen LogP contribution in [0.3, 0.4) is 0 Å². The predicted octanol–water partition coefficient (Wildman–Crippen LogP) is 2.72. The molecular formula is C15H15NO3. The fraction of sp³-hybridized carbons (Fsp3) is 0.200. The predicted molar refractivity (Wildman–Crippen MR) is 71.8 cm³/mol. The number of nitrogens with zero attached hydrogens (tertiary/aromatic N) is 1. The van der Waals surface area contributed by atoms with E-state index in [9.17, 15) is 4.79 Å². The van der Waals surface area contributed by atoms with Crippen LogP contribution in [0.15, 0.2) is 42.5 Å². The first-order chi connectivity index (χ1) is 9.24. The van der Waals surface area contributed by atoms with E-state index in [-0.39, 0.29) is 5.78 Å². The fourth-order valence-corrected chi connectivity index (χ4v) is 1.67. The van der Waals surface area contributed by atoms with Crippen LogP contribution in [0.1, 0.15) is 23.0 Å². The number of hydrogen-bond acceptors (Lipinski definition) is 4. The van der Waals surface area contributed by atoms with Crippen LogP contribution in [0.5, 0.6) is 11.6 Å². The summed E-state index contributed by atoms with van der Waals surface area (Å²) in [6, 6.07) is 12.1. The minimum atomic E-state index is -0.137. The number of ether oxygens (including phenoxy) is 2. The molecule has 0 N–H and O–H groups in total. The van der Waals surface area contributed by atoms with E-state index >= 15 is 0 Å². The Kier molecular flexibility index (Phi) is 4.13. The van der Waals surface area contributed by atoms with Gasteiger partial charge in [-0.15, -0.1) is 0 Å². The van der Waals surface area contributed by atoms with Crippen molar-refractivity contribution in [3.63, 3.8) is 0 Å². The summed E-state index contributed by atoms with van der Waals surface area (Å²) >= 11 is 0. The van der Waals surface area contributed by atoms with Crippen molar-refractivity contribution in [1.82, 2.24) is 4.98 Å². The Morgan fingerprint density at radius 1 is 1.16 bits per heavy atom. The van der Waals surface area contributed by atoms with Gasteiger partial charge in [-0.1, -0.05) is 6.07 Å². The molecule has 0 aliphatic carbocycles. The van der Waals surface area contributed by atoms with Gasteiger partial charge < -0.3 is 9.47 Å². The SMILES string of the molecule is CCOc1ccc(C(=O)c2cccc(OC)n2)cc1. The number of benzene rings is 1. The van der Waals surface area contributed by atoms with Gasteiger partial charge in [-0.25, -0.2) is 4.98 Å². The van der Waals surface area contributed by atoms with Crippen LogP contribution in [0.25, 0.3) is 0 Å². The summed E-state index contributed by atoms with van der Waals surface area (Å²) in [5.74, 6) is 1.04. The van der Waals surface area contributed by atoms with Crippen LogP contribution >= 0.6 is 0 Å². The smallest absolute Gasteiger partial charge is 0.213 e. The molecule has 1 aromatic heterocycles. The van der Waals surface area contributed by atoms with Gasteiger partial charge in [0.2, 0.25) is 11.7 Å². The van der Waals surface area contributed by atoms with Crippen molar-refractivity contribution in [3.05, 3.63) is 53.7 Å². The molecule has 1 heterocycles. The number of carbonyl (C=O) groups is 1. The maximum absolute atomic E-state index is 12.2. The Balaban J connectivity index is 2.22. The summed E-state index contributed by atoms with van der Waals surface area (Å²) < 4.78 is 10.3. The van der Waals surface area contributed by atoms with Crippen molar-refractivity contribution in [2.75, 3.05) is 13.7 Å². The Hall–Kier alpha value is -2.36. The molecule has 19 heavy (non-hydrogen) atoms.